The summed E-state index contributed by atoms with van der Waals surface area (Å²) in [5, 5.41) is 12.1. The molecule has 19 heavy (non-hydrogen) atoms. The topological polar surface area (TPSA) is 41.9 Å². The molecule has 0 amide bonds. The van der Waals surface area contributed by atoms with Gasteiger partial charge in [-0.3, -0.25) is 4.90 Å². The summed E-state index contributed by atoms with van der Waals surface area (Å²) in [4.78, 5) is 3.47. The Labute approximate surface area is 118 Å². The summed E-state index contributed by atoms with van der Waals surface area (Å²) in [7, 11) is 0. The Morgan fingerprint density at radius 1 is 1.58 bits per heavy atom. The van der Waals surface area contributed by atoms with Crippen molar-refractivity contribution in [2.45, 2.75) is 38.7 Å². The highest BCUT2D eigenvalue weighted by atomic mass is 32.1. The molecule has 0 spiro atoms. The lowest BCUT2D eigenvalue weighted by molar-refractivity contribution is -0.0711. The van der Waals surface area contributed by atoms with Crippen LogP contribution in [0.5, 0.6) is 0 Å². The lowest BCUT2D eigenvalue weighted by atomic mass is 10.2. The molecule has 1 saturated heterocycles. The maximum atomic E-state index is 10.0. The van der Waals surface area contributed by atoms with Crippen LogP contribution in [0.4, 0.5) is 0 Å². The van der Waals surface area contributed by atoms with Crippen LogP contribution in [0.1, 0.15) is 18.7 Å². The zero-order valence-corrected chi connectivity index (χ0v) is 12.4. The van der Waals surface area contributed by atoms with E-state index < -0.39 is 6.10 Å². The first-order chi connectivity index (χ1) is 9.15. The van der Waals surface area contributed by atoms with E-state index in [1.54, 1.807) is 11.3 Å². The van der Waals surface area contributed by atoms with Gasteiger partial charge in [-0.15, -0.1) is 11.3 Å². The number of aliphatic hydroxyl groups excluding tert-OH is 1. The fraction of sp³-hybridized carbons (Fsp3) is 0.714. The largest absolute Gasteiger partial charge is 0.389 e. The third-order valence-electron chi connectivity index (χ3n) is 3.32. The maximum Gasteiger partial charge on any atom is 0.0900 e. The van der Waals surface area contributed by atoms with E-state index in [-0.39, 0.29) is 6.10 Å². The van der Waals surface area contributed by atoms with Crippen LogP contribution in [-0.2, 0) is 16.1 Å². The number of rotatable bonds is 6. The summed E-state index contributed by atoms with van der Waals surface area (Å²) < 4.78 is 11.1. The molecule has 4 nitrogen and oxygen atoms in total. The molecule has 3 unspecified atom stereocenters. The van der Waals surface area contributed by atoms with Gasteiger partial charge in [-0.2, -0.15) is 0 Å². The molecule has 2 heterocycles. The highest BCUT2D eigenvalue weighted by Crippen LogP contribution is 2.13. The number of thiophene rings is 1. The SMILES string of the molecule is CC1CN(CC(O)COCc2cccs2)C(C)CO1. The van der Waals surface area contributed by atoms with Crippen molar-refractivity contribution >= 4 is 11.3 Å². The van der Waals surface area contributed by atoms with E-state index in [1.165, 1.54) is 4.88 Å². The number of aliphatic hydroxyl groups is 1. The van der Waals surface area contributed by atoms with Gasteiger partial charge in [-0.25, -0.2) is 0 Å². The molecule has 1 aliphatic heterocycles. The molecular formula is C14H23NO3S. The predicted octanol–water partition coefficient (Wildman–Crippen LogP) is 1.73. The Bertz CT molecular complexity index is 358. The minimum atomic E-state index is -0.437. The van der Waals surface area contributed by atoms with Crippen molar-refractivity contribution in [3.8, 4) is 0 Å². The minimum Gasteiger partial charge on any atom is -0.389 e. The Kier molecular flexibility index (Phi) is 5.78. The molecule has 0 saturated carbocycles. The van der Waals surface area contributed by atoms with Crippen LogP contribution in [0.25, 0.3) is 0 Å². The van der Waals surface area contributed by atoms with Gasteiger partial charge >= 0.3 is 0 Å². The summed E-state index contributed by atoms with van der Waals surface area (Å²) in [5.41, 5.74) is 0. The highest BCUT2D eigenvalue weighted by molar-refractivity contribution is 7.09. The van der Waals surface area contributed by atoms with Gasteiger partial charge in [-0.05, 0) is 25.3 Å². The monoisotopic (exact) mass is 285 g/mol. The molecule has 2 rings (SSSR count). The smallest absolute Gasteiger partial charge is 0.0900 e. The third kappa shape index (κ3) is 4.85. The Hall–Kier alpha value is -0.460. The van der Waals surface area contributed by atoms with E-state index >= 15 is 0 Å². The van der Waals surface area contributed by atoms with Gasteiger partial charge in [0, 0.05) is 24.0 Å². The molecule has 3 atom stereocenters. The van der Waals surface area contributed by atoms with Crippen molar-refractivity contribution in [2.24, 2.45) is 0 Å². The van der Waals surface area contributed by atoms with Gasteiger partial charge in [0.1, 0.15) is 0 Å². The average Bonchev–Trinajstić information content (AvgIpc) is 2.87. The normalized spacial score (nSPS) is 26.5. The van der Waals surface area contributed by atoms with E-state index in [0.29, 0.717) is 25.8 Å². The Balaban J connectivity index is 1.67. The summed E-state index contributed by atoms with van der Waals surface area (Å²) >= 11 is 1.68. The van der Waals surface area contributed by atoms with E-state index in [2.05, 4.69) is 18.7 Å². The number of hydrogen-bond donors (Lipinski definition) is 1. The van der Waals surface area contributed by atoms with Crippen LogP contribution in [0.15, 0.2) is 17.5 Å². The van der Waals surface area contributed by atoms with E-state index in [4.69, 9.17) is 9.47 Å². The zero-order valence-electron chi connectivity index (χ0n) is 11.6. The average molecular weight is 285 g/mol. The molecule has 0 aromatic carbocycles. The Morgan fingerprint density at radius 2 is 2.42 bits per heavy atom. The fourth-order valence-corrected chi connectivity index (χ4v) is 2.88. The second kappa shape index (κ2) is 7.36. The van der Waals surface area contributed by atoms with Gasteiger partial charge in [0.2, 0.25) is 0 Å². The third-order valence-corrected chi connectivity index (χ3v) is 4.17. The molecule has 0 bridgehead atoms. The minimum absolute atomic E-state index is 0.246. The van der Waals surface area contributed by atoms with Crippen molar-refractivity contribution in [3.63, 3.8) is 0 Å². The molecular weight excluding hydrogens is 262 g/mol. The molecule has 1 N–H and O–H groups in total. The molecule has 1 fully saturated rings. The maximum absolute atomic E-state index is 10.0. The van der Waals surface area contributed by atoms with Crippen LogP contribution in [0.3, 0.4) is 0 Å². The lowest BCUT2D eigenvalue weighted by Gasteiger charge is -2.37. The van der Waals surface area contributed by atoms with Crippen molar-refractivity contribution in [1.29, 1.82) is 0 Å². The van der Waals surface area contributed by atoms with E-state index in [0.717, 1.165) is 13.2 Å². The summed E-state index contributed by atoms with van der Waals surface area (Å²) in [5.74, 6) is 0. The number of β-amino-alcohol motifs (C(OH)–C–C–N with tert-alkyl or cyclic N) is 1. The number of nitrogens with zero attached hydrogens (tertiary/aromatic N) is 1. The Morgan fingerprint density at radius 3 is 3.16 bits per heavy atom. The lowest BCUT2D eigenvalue weighted by Crippen LogP contribution is -2.50. The second-order valence-corrected chi connectivity index (χ2v) is 6.23. The second-order valence-electron chi connectivity index (χ2n) is 5.20. The van der Waals surface area contributed by atoms with Crippen molar-refractivity contribution in [3.05, 3.63) is 22.4 Å². The first kappa shape index (κ1) is 14.9. The molecule has 1 aromatic rings. The van der Waals surface area contributed by atoms with Gasteiger partial charge in [-0.1, -0.05) is 6.07 Å². The molecule has 1 aromatic heterocycles. The first-order valence-corrected chi connectivity index (χ1v) is 7.67. The number of hydrogen-bond acceptors (Lipinski definition) is 5. The summed E-state index contributed by atoms with van der Waals surface area (Å²) in [6.45, 7) is 7.44. The molecule has 108 valence electrons. The van der Waals surface area contributed by atoms with Gasteiger partial charge < -0.3 is 14.6 Å². The van der Waals surface area contributed by atoms with Crippen LogP contribution in [-0.4, -0.2) is 54.6 Å². The molecule has 0 radical (unpaired) electrons. The number of morpholine rings is 1. The van der Waals surface area contributed by atoms with Gasteiger partial charge in [0.15, 0.2) is 0 Å². The number of ether oxygens (including phenoxy) is 2. The van der Waals surface area contributed by atoms with E-state index in [9.17, 15) is 5.11 Å². The molecule has 0 aliphatic carbocycles. The van der Waals surface area contributed by atoms with E-state index in [1.807, 2.05) is 17.5 Å². The summed E-state index contributed by atoms with van der Waals surface area (Å²) in [6.07, 6.45) is -0.192. The quantitative estimate of drug-likeness (QED) is 0.864. The zero-order chi connectivity index (χ0) is 13.7. The molecule has 1 aliphatic rings. The van der Waals surface area contributed by atoms with Crippen molar-refractivity contribution in [2.75, 3.05) is 26.3 Å². The van der Waals surface area contributed by atoms with Crippen LogP contribution in [0, 0.1) is 0 Å². The molecule has 5 heteroatoms. The summed E-state index contributed by atoms with van der Waals surface area (Å²) in [6, 6.07) is 4.42. The highest BCUT2D eigenvalue weighted by Gasteiger charge is 2.25. The van der Waals surface area contributed by atoms with Crippen LogP contribution < -0.4 is 0 Å². The van der Waals surface area contributed by atoms with Crippen LogP contribution in [0.2, 0.25) is 0 Å². The standard InChI is InChI=1S/C14H23NO3S/c1-11-8-18-12(2)6-15(11)7-13(16)9-17-10-14-4-3-5-19-14/h3-5,11-13,16H,6-10H2,1-2H3. The van der Waals surface area contributed by atoms with Gasteiger partial charge in [0.25, 0.3) is 0 Å². The predicted molar refractivity (Wildman–Crippen MR) is 76.4 cm³/mol. The first-order valence-electron chi connectivity index (χ1n) is 6.79. The van der Waals surface area contributed by atoms with Crippen molar-refractivity contribution in [1.82, 2.24) is 4.90 Å². The van der Waals surface area contributed by atoms with Crippen molar-refractivity contribution < 1.29 is 14.6 Å². The fourth-order valence-electron chi connectivity index (χ4n) is 2.24. The van der Waals surface area contributed by atoms with Crippen LogP contribution >= 0.6 is 11.3 Å². The van der Waals surface area contributed by atoms with Gasteiger partial charge in [0.05, 0.1) is 32.0 Å².